The SMILES string of the molecule is O=C(N[C@H](C1CC1)C(F)(F)F)C1C=CC2=C(N1)N(C(=O)Nc1ccccn1)[C@H]1CCN2C1. The first-order valence-corrected chi connectivity index (χ1v) is 10.6. The maximum atomic E-state index is 13.4. The molecular formula is C21H23F3N6O2. The van der Waals surface area contributed by atoms with Crippen molar-refractivity contribution in [3.63, 3.8) is 0 Å². The third kappa shape index (κ3) is 3.87. The van der Waals surface area contributed by atoms with Gasteiger partial charge in [-0.3, -0.25) is 15.0 Å². The Hall–Kier alpha value is -3.24. The number of halogens is 3. The average molecular weight is 448 g/mol. The predicted molar refractivity (Wildman–Crippen MR) is 109 cm³/mol. The molecule has 1 aromatic heterocycles. The highest BCUT2D eigenvalue weighted by Crippen LogP contribution is 2.40. The number of carbonyl (C=O) groups excluding carboxylic acids is 2. The van der Waals surface area contributed by atoms with Crippen molar-refractivity contribution in [3.8, 4) is 0 Å². The van der Waals surface area contributed by atoms with Gasteiger partial charge in [0.05, 0.1) is 11.7 Å². The number of aromatic nitrogens is 1. The van der Waals surface area contributed by atoms with Crippen LogP contribution >= 0.6 is 0 Å². The summed E-state index contributed by atoms with van der Waals surface area (Å²) >= 11 is 0. The lowest BCUT2D eigenvalue weighted by Gasteiger charge is -2.41. The van der Waals surface area contributed by atoms with Crippen LogP contribution in [-0.2, 0) is 4.79 Å². The molecule has 4 heterocycles. The fraction of sp³-hybridized carbons (Fsp3) is 0.476. The van der Waals surface area contributed by atoms with E-state index in [9.17, 15) is 22.8 Å². The van der Waals surface area contributed by atoms with Gasteiger partial charge < -0.3 is 15.5 Å². The van der Waals surface area contributed by atoms with E-state index in [0.717, 1.165) is 18.7 Å². The van der Waals surface area contributed by atoms with Crippen LogP contribution in [0.2, 0.25) is 0 Å². The first-order valence-electron chi connectivity index (χ1n) is 10.6. The number of nitrogens with zero attached hydrogens (tertiary/aromatic N) is 3. The van der Waals surface area contributed by atoms with E-state index in [1.165, 1.54) is 0 Å². The van der Waals surface area contributed by atoms with Gasteiger partial charge in [0.2, 0.25) is 5.91 Å². The molecule has 1 saturated carbocycles. The van der Waals surface area contributed by atoms with Gasteiger partial charge in [-0.2, -0.15) is 13.2 Å². The topological polar surface area (TPSA) is 89.6 Å². The lowest BCUT2D eigenvalue weighted by molar-refractivity contribution is -0.166. The molecule has 1 aromatic rings. The maximum absolute atomic E-state index is 13.4. The van der Waals surface area contributed by atoms with Crippen LogP contribution < -0.4 is 16.0 Å². The number of fused-ring (bicyclic) bond motifs is 3. The maximum Gasteiger partial charge on any atom is 0.408 e. The van der Waals surface area contributed by atoms with Crippen LogP contribution in [0.1, 0.15) is 19.3 Å². The Morgan fingerprint density at radius 2 is 2.03 bits per heavy atom. The number of allylic oxidation sites excluding steroid dienone is 1. The highest BCUT2D eigenvalue weighted by molar-refractivity contribution is 5.91. The molecular weight excluding hydrogens is 425 g/mol. The summed E-state index contributed by atoms with van der Waals surface area (Å²) in [5.41, 5.74) is 0.744. The number of pyridine rings is 1. The molecule has 0 aromatic carbocycles. The van der Waals surface area contributed by atoms with Crippen LogP contribution in [0.15, 0.2) is 48.1 Å². The summed E-state index contributed by atoms with van der Waals surface area (Å²) in [6, 6.07) is 1.76. The smallest absolute Gasteiger partial charge is 0.366 e. The van der Waals surface area contributed by atoms with Crippen molar-refractivity contribution in [3.05, 3.63) is 48.1 Å². The Morgan fingerprint density at radius 1 is 1.22 bits per heavy atom. The zero-order valence-electron chi connectivity index (χ0n) is 17.1. The Balaban J connectivity index is 1.35. The van der Waals surface area contributed by atoms with Crippen LogP contribution in [0.25, 0.3) is 0 Å². The number of rotatable bonds is 4. The molecule has 3 amide bonds. The van der Waals surface area contributed by atoms with Gasteiger partial charge in [0.25, 0.3) is 0 Å². The molecule has 3 aliphatic heterocycles. The third-order valence-electron chi connectivity index (χ3n) is 6.24. The number of nitrogens with one attached hydrogen (secondary N) is 3. The van der Waals surface area contributed by atoms with Crippen LogP contribution in [0.5, 0.6) is 0 Å². The number of dihydropyridines is 1. The fourth-order valence-electron chi connectivity index (χ4n) is 4.50. The molecule has 0 radical (unpaired) electrons. The molecule has 1 unspecified atom stereocenters. The van der Waals surface area contributed by atoms with Gasteiger partial charge in [0, 0.05) is 19.3 Å². The number of hydrogen-bond acceptors (Lipinski definition) is 5. The van der Waals surface area contributed by atoms with Gasteiger partial charge in [0.1, 0.15) is 23.7 Å². The van der Waals surface area contributed by atoms with Crippen molar-refractivity contribution in [1.82, 2.24) is 25.4 Å². The molecule has 170 valence electrons. The lowest BCUT2D eigenvalue weighted by atomic mass is 10.1. The van der Waals surface area contributed by atoms with Crippen molar-refractivity contribution in [2.45, 2.75) is 43.6 Å². The molecule has 2 bridgehead atoms. The number of urea groups is 1. The first kappa shape index (κ1) is 20.7. The van der Waals surface area contributed by atoms with E-state index in [-0.39, 0.29) is 6.04 Å². The van der Waals surface area contributed by atoms with E-state index in [1.54, 1.807) is 41.4 Å². The molecule has 2 fully saturated rings. The van der Waals surface area contributed by atoms with E-state index >= 15 is 0 Å². The van der Waals surface area contributed by atoms with Gasteiger partial charge in [-0.1, -0.05) is 12.1 Å². The van der Waals surface area contributed by atoms with Gasteiger partial charge in [-0.25, -0.2) is 9.78 Å². The second kappa shape index (κ2) is 7.72. The number of carbonyl (C=O) groups is 2. The Bertz CT molecular complexity index is 975. The summed E-state index contributed by atoms with van der Waals surface area (Å²) < 4.78 is 40.1. The summed E-state index contributed by atoms with van der Waals surface area (Å²) in [6.07, 6.45) is 1.96. The molecule has 11 heteroatoms. The summed E-state index contributed by atoms with van der Waals surface area (Å²) in [5, 5.41) is 7.93. The molecule has 1 saturated heterocycles. The second-order valence-corrected chi connectivity index (χ2v) is 8.48. The highest BCUT2D eigenvalue weighted by atomic mass is 19.4. The molecule has 4 aliphatic rings. The van der Waals surface area contributed by atoms with Crippen molar-refractivity contribution in [1.29, 1.82) is 0 Å². The van der Waals surface area contributed by atoms with Crippen LogP contribution in [0.4, 0.5) is 23.8 Å². The zero-order valence-corrected chi connectivity index (χ0v) is 17.1. The van der Waals surface area contributed by atoms with Crippen LogP contribution in [-0.4, -0.2) is 64.1 Å². The first-order chi connectivity index (χ1) is 15.3. The molecule has 32 heavy (non-hydrogen) atoms. The van der Waals surface area contributed by atoms with Gasteiger partial charge >= 0.3 is 12.2 Å². The van der Waals surface area contributed by atoms with Gasteiger partial charge in [-0.05, 0) is 43.4 Å². The molecule has 0 spiro atoms. The third-order valence-corrected chi connectivity index (χ3v) is 6.24. The quantitative estimate of drug-likeness (QED) is 0.657. The zero-order chi connectivity index (χ0) is 22.5. The summed E-state index contributed by atoms with van der Waals surface area (Å²) in [5.74, 6) is -0.526. The molecule has 5 rings (SSSR count). The minimum atomic E-state index is -4.50. The molecule has 8 nitrogen and oxygen atoms in total. The van der Waals surface area contributed by atoms with Crippen molar-refractivity contribution < 1.29 is 22.8 Å². The van der Waals surface area contributed by atoms with Gasteiger partial charge in [0.15, 0.2) is 0 Å². The Morgan fingerprint density at radius 3 is 2.72 bits per heavy atom. The average Bonchev–Trinajstić information content (AvgIpc) is 3.52. The number of amides is 3. The Labute approximate surface area is 182 Å². The molecule has 1 aliphatic carbocycles. The van der Waals surface area contributed by atoms with E-state index < -0.39 is 36.1 Å². The lowest BCUT2D eigenvalue weighted by Crippen LogP contribution is -2.58. The summed E-state index contributed by atoms with van der Waals surface area (Å²) in [4.78, 5) is 33.6. The minimum Gasteiger partial charge on any atom is -0.366 e. The summed E-state index contributed by atoms with van der Waals surface area (Å²) in [7, 11) is 0. The van der Waals surface area contributed by atoms with E-state index in [1.807, 2.05) is 0 Å². The largest absolute Gasteiger partial charge is 0.408 e. The van der Waals surface area contributed by atoms with Crippen LogP contribution in [0.3, 0.4) is 0 Å². The fourth-order valence-corrected chi connectivity index (χ4v) is 4.50. The normalized spacial score (nSPS) is 25.2. The Kier molecular flexibility index (Phi) is 4.98. The molecule has 3 N–H and O–H groups in total. The van der Waals surface area contributed by atoms with E-state index in [0.29, 0.717) is 31.0 Å². The number of anilines is 1. The monoisotopic (exact) mass is 448 g/mol. The summed E-state index contributed by atoms with van der Waals surface area (Å²) in [6.45, 7) is 1.40. The minimum absolute atomic E-state index is 0.116. The van der Waals surface area contributed by atoms with E-state index in [2.05, 4.69) is 25.8 Å². The van der Waals surface area contributed by atoms with E-state index in [4.69, 9.17) is 0 Å². The predicted octanol–water partition coefficient (Wildman–Crippen LogP) is 2.16. The number of hydrogen-bond donors (Lipinski definition) is 3. The highest BCUT2D eigenvalue weighted by Gasteiger charge is 2.50. The van der Waals surface area contributed by atoms with Crippen molar-refractivity contribution in [2.75, 3.05) is 18.4 Å². The van der Waals surface area contributed by atoms with Crippen molar-refractivity contribution in [2.24, 2.45) is 5.92 Å². The van der Waals surface area contributed by atoms with Crippen molar-refractivity contribution >= 4 is 17.8 Å². The van der Waals surface area contributed by atoms with Gasteiger partial charge in [-0.15, -0.1) is 0 Å². The number of alkyl halides is 3. The standard InChI is InChI=1S/C21H23F3N6O2/c22-21(23,24)17(12-4-5-12)28-19(31)14-6-7-15-18(26-14)30(13-8-10-29(15)11-13)20(32)27-16-3-1-2-9-25-16/h1-3,6-7,9,12-14,17,26H,4-5,8,10-11H2,(H,28,31)(H,25,27,32)/t13-,14?,17+/m0/s1. The molecule has 3 atom stereocenters. The van der Waals surface area contributed by atoms with Crippen LogP contribution in [0, 0.1) is 5.92 Å². The second-order valence-electron chi connectivity index (χ2n) is 8.48.